The van der Waals surface area contributed by atoms with Gasteiger partial charge >= 0.3 is 0 Å². The maximum Gasteiger partial charge on any atom is 0.244 e. The smallest absolute Gasteiger partial charge is 0.244 e. The Bertz CT molecular complexity index is 1430. The molecule has 0 saturated heterocycles. The Balaban J connectivity index is 2.07. The molecule has 0 heterocycles. The number of amides is 2. The highest BCUT2D eigenvalue weighted by Gasteiger charge is 2.33. The number of sulfonamides is 1. The first kappa shape index (κ1) is 33.2. The summed E-state index contributed by atoms with van der Waals surface area (Å²) in [5.74, 6) is -0.211. The van der Waals surface area contributed by atoms with Gasteiger partial charge in [0.2, 0.25) is 21.8 Å². The molecule has 0 bridgehead atoms. The highest BCUT2D eigenvalue weighted by atomic mass is 35.5. The molecule has 11 heteroatoms. The molecule has 3 aromatic carbocycles. The molecule has 226 valence electrons. The maximum atomic E-state index is 14.2. The van der Waals surface area contributed by atoms with E-state index < -0.39 is 28.5 Å². The van der Waals surface area contributed by atoms with Gasteiger partial charge in [0.1, 0.15) is 18.3 Å². The standard InChI is InChI=1S/C31H37Cl2N3O5S/c1-5-41-25-16-14-24(15-17-25)36(42(4,39)40)21-30(37)35(20-26-27(32)12-9-13-28(26)33)29(31(38)34-19-22(2)3)18-23-10-7-6-8-11-23/h6-17,22,29H,5,18-21H2,1-4H3,(H,34,38). The van der Waals surface area contributed by atoms with Crippen LogP contribution in [-0.4, -0.2) is 57.1 Å². The summed E-state index contributed by atoms with van der Waals surface area (Å²) in [5.41, 5.74) is 1.57. The van der Waals surface area contributed by atoms with Gasteiger partial charge in [-0.2, -0.15) is 0 Å². The van der Waals surface area contributed by atoms with Crippen LogP contribution in [0.2, 0.25) is 10.0 Å². The summed E-state index contributed by atoms with van der Waals surface area (Å²) < 4.78 is 32.4. The summed E-state index contributed by atoms with van der Waals surface area (Å²) >= 11 is 13.0. The minimum Gasteiger partial charge on any atom is -0.494 e. The molecular formula is C31H37Cl2N3O5S. The molecule has 0 spiro atoms. The lowest BCUT2D eigenvalue weighted by atomic mass is 10.0. The van der Waals surface area contributed by atoms with E-state index in [-0.39, 0.29) is 30.5 Å². The first-order valence-corrected chi connectivity index (χ1v) is 16.3. The molecule has 42 heavy (non-hydrogen) atoms. The number of carbonyl (C=O) groups excluding carboxylic acids is 2. The molecule has 1 N–H and O–H groups in total. The molecule has 0 fully saturated rings. The van der Waals surface area contributed by atoms with Crippen LogP contribution >= 0.6 is 23.2 Å². The van der Waals surface area contributed by atoms with Gasteiger partial charge in [-0.3, -0.25) is 13.9 Å². The summed E-state index contributed by atoms with van der Waals surface area (Å²) in [6.45, 7) is 6.00. The number of anilines is 1. The van der Waals surface area contributed by atoms with Crippen molar-refractivity contribution in [3.63, 3.8) is 0 Å². The number of nitrogens with zero attached hydrogens (tertiary/aromatic N) is 2. The van der Waals surface area contributed by atoms with E-state index in [0.29, 0.717) is 34.5 Å². The Labute approximate surface area is 258 Å². The van der Waals surface area contributed by atoms with Crippen LogP contribution in [0.5, 0.6) is 5.75 Å². The second-order valence-electron chi connectivity index (χ2n) is 10.3. The van der Waals surface area contributed by atoms with E-state index in [1.54, 1.807) is 42.5 Å². The highest BCUT2D eigenvalue weighted by molar-refractivity contribution is 7.92. The summed E-state index contributed by atoms with van der Waals surface area (Å²) in [7, 11) is -3.89. The predicted octanol–water partition coefficient (Wildman–Crippen LogP) is 5.57. The van der Waals surface area contributed by atoms with Crippen molar-refractivity contribution in [2.75, 3.05) is 30.3 Å². The zero-order chi connectivity index (χ0) is 30.9. The molecule has 1 atom stereocenters. The molecule has 2 amide bonds. The van der Waals surface area contributed by atoms with Crippen LogP contribution in [0.25, 0.3) is 0 Å². The fourth-order valence-electron chi connectivity index (χ4n) is 4.32. The largest absolute Gasteiger partial charge is 0.494 e. The number of carbonyl (C=O) groups is 2. The van der Waals surface area contributed by atoms with Crippen LogP contribution < -0.4 is 14.4 Å². The highest BCUT2D eigenvalue weighted by Crippen LogP contribution is 2.28. The SMILES string of the molecule is CCOc1ccc(N(CC(=O)N(Cc2c(Cl)cccc2Cl)C(Cc2ccccc2)C(=O)NCC(C)C)S(C)(=O)=O)cc1. The van der Waals surface area contributed by atoms with Gasteiger partial charge in [-0.05, 0) is 54.8 Å². The van der Waals surface area contributed by atoms with Crippen molar-refractivity contribution in [1.29, 1.82) is 0 Å². The second kappa shape index (κ2) is 15.3. The van der Waals surface area contributed by atoms with Gasteiger partial charge in [0.25, 0.3) is 0 Å². The first-order chi connectivity index (χ1) is 19.9. The molecule has 0 aliphatic carbocycles. The Hall–Kier alpha value is -3.27. The van der Waals surface area contributed by atoms with Crippen molar-refractivity contribution in [3.8, 4) is 5.75 Å². The number of halogens is 2. The lowest BCUT2D eigenvalue weighted by molar-refractivity contribution is -0.140. The van der Waals surface area contributed by atoms with E-state index in [2.05, 4.69) is 5.32 Å². The van der Waals surface area contributed by atoms with E-state index in [9.17, 15) is 18.0 Å². The van der Waals surface area contributed by atoms with E-state index in [4.69, 9.17) is 27.9 Å². The molecule has 0 aliphatic heterocycles. The molecule has 0 saturated carbocycles. The van der Waals surface area contributed by atoms with Crippen molar-refractivity contribution in [3.05, 3.63) is 94.0 Å². The quantitative estimate of drug-likeness (QED) is 0.250. The summed E-state index contributed by atoms with van der Waals surface area (Å²) in [6, 6.07) is 19.8. The summed E-state index contributed by atoms with van der Waals surface area (Å²) in [5, 5.41) is 3.60. The normalized spacial score (nSPS) is 12.1. The van der Waals surface area contributed by atoms with Gasteiger partial charge in [0, 0.05) is 35.1 Å². The third-order valence-corrected chi connectivity index (χ3v) is 8.31. The lowest BCUT2D eigenvalue weighted by Crippen LogP contribution is -2.53. The summed E-state index contributed by atoms with van der Waals surface area (Å²) in [6.07, 6.45) is 1.23. The second-order valence-corrected chi connectivity index (χ2v) is 13.0. The predicted molar refractivity (Wildman–Crippen MR) is 169 cm³/mol. The number of benzene rings is 3. The average molecular weight is 635 g/mol. The molecule has 8 nitrogen and oxygen atoms in total. The fourth-order valence-corrected chi connectivity index (χ4v) is 5.69. The van der Waals surface area contributed by atoms with Crippen LogP contribution in [-0.2, 0) is 32.6 Å². The average Bonchev–Trinajstić information content (AvgIpc) is 2.94. The van der Waals surface area contributed by atoms with Crippen LogP contribution in [0, 0.1) is 5.92 Å². The number of ether oxygens (including phenoxy) is 1. The first-order valence-electron chi connectivity index (χ1n) is 13.6. The Morgan fingerprint density at radius 3 is 2.10 bits per heavy atom. The van der Waals surface area contributed by atoms with Crippen molar-refractivity contribution < 1.29 is 22.7 Å². The van der Waals surface area contributed by atoms with Gasteiger partial charge in [-0.25, -0.2) is 8.42 Å². The monoisotopic (exact) mass is 633 g/mol. The molecule has 3 aromatic rings. The van der Waals surface area contributed by atoms with Crippen molar-refractivity contribution in [2.45, 2.75) is 39.8 Å². The fraction of sp³-hybridized carbons (Fsp3) is 0.355. The minimum atomic E-state index is -3.89. The van der Waals surface area contributed by atoms with E-state index in [1.807, 2.05) is 51.1 Å². The molecule has 0 aliphatic rings. The van der Waals surface area contributed by atoms with Crippen LogP contribution in [0.15, 0.2) is 72.8 Å². The van der Waals surface area contributed by atoms with Gasteiger partial charge in [0.15, 0.2) is 0 Å². The summed E-state index contributed by atoms with van der Waals surface area (Å²) in [4.78, 5) is 29.2. The van der Waals surface area contributed by atoms with Crippen LogP contribution in [0.1, 0.15) is 31.9 Å². The topological polar surface area (TPSA) is 96.0 Å². The van der Waals surface area contributed by atoms with E-state index >= 15 is 0 Å². The maximum absolute atomic E-state index is 14.2. The van der Waals surface area contributed by atoms with Gasteiger partial charge in [-0.15, -0.1) is 0 Å². The Morgan fingerprint density at radius 1 is 0.929 bits per heavy atom. The van der Waals surface area contributed by atoms with Gasteiger partial charge in [0.05, 0.1) is 18.6 Å². The lowest BCUT2D eigenvalue weighted by Gasteiger charge is -2.34. The van der Waals surface area contributed by atoms with E-state index in [1.165, 1.54) is 4.90 Å². The zero-order valence-corrected chi connectivity index (χ0v) is 26.5. The van der Waals surface area contributed by atoms with E-state index in [0.717, 1.165) is 16.1 Å². The van der Waals surface area contributed by atoms with Gasteiger partial charge < -0.3 is 15.0 Å². The number of hydrogen-bond donors (Lipinski definition) is 1. The van der Waals surface area contributed by atoms with Crippen LogP contribution in [0.4, 0.5) is 5.69 Å². The van der Waals surface area contributed by atoms with Crippen molar-refractivity contribution in [1.82, 2.24) is 10.2 Å². The molecule has 0 aromatic heterocycles. The Morgan fingerprint density at radius 2 is 1.55 bits per heavy atom. The molecular weight excluding hydrogens is 597 g/mol. The molecule has 3 rings (SSSR count). The van der Waals surface area contributed by atoms with Crippen LogP contribution in [0.3, 0.4) is 0 Å². The number of nitrogens with one attached hydrogen (secondary N) is 1. The minimum absolute atomic E-state index is 0.106. The Kier molecular flexibility index (Phi) is 12.1. The van der Waals surface area contributed by atoms with Crippen molar-refractivity contribution >= 4 is 50.7 Å². The third-order valence-electron chi connectivity index (χ3n) is 6.46. The van der Waals surface area contributed by atoms with Crippen molar-refractivity contribution in [2.24, 2.45) is 5.92 Å². The number of hydrogen-bond acceptors (Lipinski definition) is 5. The van der Waals surface area contributed by atoms with Gasteiger partial charge in [-0.1, -0.05) is 73.4 Å². The number of rotatable bonds is 14. The third kappa shape index (κ3) is 9.37. The zero-order valence-electron chi connectivity index (χ0n) is 24.2. The molecule has 0 radical (unpaired) electrons. The molecule has 1 unspecified atom stereocenters.